The number of likely N-dealkylation sites (tertiary alicyclic amines) is 1. The molecule has 1 aliphatic heterocycles. The molecule has 0 saturated carbocycles. The lowest BCUT2D eigenvalue weighted by atomic mass is 9.93. The van der Waals surface area contributed by atoms with E-state index in [0.29, 0.717) is 17.7 Å². The number of ether oxygens (including phenoxy) is 2. The zero-order valence-electron chi connectivity index (χ0n) is 17.6. The Hall–Kier alpha value is -2.29. The lowest BCUT2D eigenvalue weighted by molar-refractivity contribution is -0.148. The molecule has 0 radical (unpaired) electrons. The van der Waals surface area contributed by atoms with Gasteiger partial charge in [-0.2, -0.15) is 0 Å². The predicted octanol–water partition coefficient (Wildman–Crippen LogP) is 2.92. The van der Waals surface area contributed by atoms with Gasteiger partial charge in [0, 0.05) is 12.2 Å². The summed E-state index contributed by atoms with van der Waals surface area (Å²) in [4.78, 5) is 26.9. The molecule has 0 spiro atoms. The van der Waals surface area contributed by atoms with Gasteiger partial charge in [-0.3, -0.25) is 4.79 Å². The summed E-state index contributed by atoms with van der Waals surface area (Å²) in [6.07, 6.45) is -0.278. The van der Waals surface area contributed by atoms with Crippen LogP contribution in [0.3, 0.4) is 0 Å². The second-order valence-corrected chi connectivity index (χ2v) is 10.2. The molecule has 1 heterocycles. The first-order valence-corrected chi connectivity index (χ1v) is 11.3. The molecule has 0 aliphatic carbocycles. The first kappa shape index (κ1) is 23.0. The number of nitrogens with zero attached hydrogens (tertiary/aromatic N) is 1. The van der Waals surface area contributed by atoms with Gasteiger partial charge < -0.3 is 20.1 Å². The van der Waals surface area contributed by atoms with Crippen LogP contribution >= 0.6 is 0 Å². The van der Waals surface area contributed by atoms with Crippen LogP contribution in [0.4, 0.5) is 10.5 Å². The van der Waals surface area contributed by atoms with E-state index in [2.05, 4.69) is 0 Å². The van der Waals surface area contributed by atoms with Gasteiger partial charge in [0.05, 0.1) is 29.2 Å². The molecule has 1 amide bonds. The highest BCUT2D eigenvalue weighted by molar-refractivity contribution is 7.91. The second kappa shape index (κ2) is 8.61. The van der Waals surface area contributed by atoms with Crippen LogP contribution < -0.4 is 5.73 Å². The first-order valence-electron chi connectivity index (χ1n) is 9.69. The van der Waals surface area contributed by atoms with E-state index >= 15 is 0 Å². The summed E-state index contributed by atoms with van der Waals surface area (Å²) >= 11 is 0. The molecule has 2 N–H and O–H groups in total. The summed E-state index contributed by atoms with van der Waals surface area (Å²) < 4.78 is 36.1. The van der Waals surface area contributed by atoms with E-state index in [1.54, 1.807) is 34.6 Å². The number of benzene rings is 1. The molecule has 1 unspecified atom stereocenters. The van der Waals surface area contributed by atoms with E-state index in [1.165, 1.54) is 23.1 Å². The summed E-state index contributed by atoms with van der Waals surface area (Å²) in [5.41, 5.74) is 5.85. The van der Waals surface area contributed by atoms with E-state index in [0.717, 1.165) is 0 Å². The van der Waals surface area contributed by atoms with Crippen LogP contribution in [0.25, 0.3) is 0 Å². The number of anilines is 1. The number of sulfone groups is 1. The van der Waals surface area contributed by atoms with Gasteiger partial charge in [-0.15, -0.1) is 0 Å². The Balaban J connectivity index is 2.61. The number of nitrogen functional groups attached to an aromatic ring is 1. The smallest absolute Gasteiger partial charge is 0.410 e. The summed E-state index contributed by atoms with van der Waals surface area (Å²) in [5, 5.41) is 0. The zero-order valence-corrected chi connectivity index (χ0v) is 18.4. The quantitative estimate of drug-likeness (QED) is 0.568. The van der Waals surface area contributed by atoms with Crippen molar-refractivity contribution in [3.8, 4) is 0 Å². The van der Waals surface area contributed by atoms with Crippen LogP contribution in [0.5, 0.6) is 0 Å². The minimum absolute atomic E-state index is 0.0592. The Kier molecular flexibility index (Phi) is 6.82. The Morgan fingerprint density at radius 2 is 1.90 bits per heavy atom. The molecule has 2 rings (SSSR count). The fourth-order valence-electron chi connectivity index (χ4n) is 3.44. The highest BCUT2D eigenvalue weighted by atomic mass is 32.2. The monoisotopic (exact) mass is 426 g/mol. The SMILES string of the molecule is CCOC(=O)[C@@H]1CCN(C(=O)OC(C)(C)C)C1c1cc(N)ccc1S(=O)(=O)CC. The van der Waals surface area contributed by atoms with Crippen molar-refractivity contribution in [3.63, 3.8) is 0 Å². The third-order valence-electron chi connectivity index (χ3n) is 4.68. The van der Waals surface area contributed by atoms with Crippen molar-refractivity contribution in [2.24, 2.45) is 5.92 Å². The van der Waals surface area contributed by atoms with Crippen molar-refractivity contribution in [1.29, 1.82) is 0 Å². The topological polar surface area (TPSA) is 116 Å². The lowest BCUT2D eigenvalue weighted by Gasteiger charge is -2.31. The molecule has 1 fully saturated rings. The van der Waals surface area contributed by atoms with E-state index in [9.17, 15) is 18.0 Å². The highest BCUT2D eigenvalue weighted by Gasteiger charge is 2.46. The van der Waals surface area contributed by atoms with Gasteiger partial charge >= 0.3 is 12.1 Å². The van der Waals surface area contributed by atoms with Crippen LogP contribution in [0, 0.1) is 5.92 Å². The van der Waals surface area contributed by atoms with Crippen molar-refractivity contribution in [2.75, 3.05) is 24.6 Å². The molecule has 29 heavy (non-hydrogen) atoms. The average molecular weight is 427 g/mol. The van der Waals surface area contributed by atoms with Crippen LogP contribution in [0.2, 0.25) is 0 Å². The van der Waals surface area contributed by atoms with E-state index < -0.39 is 39.5 Å². The number of esters is 1. The molecule has 1 aromatic carbocycles. The third-order valence-corrected chi connectivity index (χ3v) is 6.48. The molecular weight excluding hydrogens is 396 g/mol. The third kappa shape index (κ3) is 5.20. The molecule has 8 nitrogen and oxygen atoms in total. The first-order chi connectivity index (χ1) is 13.4. The normalized spacial score (nSPS) is 19.8. The number of rotatable bonds is 5. The van der Waals surface area contributed by atoms with Gasteiger partial charge in [-0.05, 0) is 57.9 Å². The van der Waals surface area contributed by atoms with Gasteiger partial charge in [-0.25, -0.2) is 13.2 Å². The van der Waals surface area contributed by atoms with E-state index in [1.807, 2.05) is 0 Å². The zero-order chi connectivity index (χ0) is 22.0. The number of nitrogens with two attached hydrogens (primary N) is 1. The number of hydrogen-bond acceptors (Lipinski definition) is 7. The Bertz CT molecular complexity index is 875. The maximum Gasteiger partial charge on any atom is 0.410 e. The maximum absolute atomic E-state index is 12.9. The molecule has 1 aromatic rings. The molecule has 9 heteroatoms. The average Bonchev–Trinajstić information content (AvgIpc) is 3.05. The highest BCUT2D eigenvalue weighted by Crippen LogP contribution is 2.42. The molecule has 1 aliphatic rings. The number of hydrogen-bond donors (Lipinski definition) is 1. The molecule has 0 aromatic heterocycles. The Morgan fingerprint density at radius 1 is 1.24 bits per heavy atom. The van der Waals surface area contributed by atoms with Crippen LogP contribution in [-0.2, 0) is 24.1 Å². The number of carbonyl (C=O) groups is 2. The molecule has 2 atom stereocenters. The van der Waals surface area contributed by atoms with Gasteiger partial charge in [0.2, 0.25) is 0 Å². The summed E-state index contributed by atoms with van der Waals surface area (Å²) in [5.74, 6) is -1.31. The molecule has 162 valence electrons. The van der Waals surface area contributed by atoms with Crippen molar-refractivity contribution in [3.05, 3.63) is 23.8 Å². The van der Waals surface area contributed by atoms with E-state index in [-0.39, 0.29) is 23.8 Å². The van der Waals surface area contributed by atoms with Crippen LogP contribution in [0.1, 0.15) is 52.6 Å². The van der Waals surface area contributed by atoms with Gasteiger partial charge in [0.15, 0.2) is 9.84 Å². The van der Waals surface area contributed by atoms with Crippen molar-refractivity contribution >= 4 is 27.6 Å². The Morgan fingerprint density at radius 3 is 2.45 bits per heavy atom. The van der Waals surface area contributed by atoms with Gasteiger partial charge in [-0.1, -0.05) is 6.92 Å². The van der Waals surface area contributed by atoms with Crippen molar-refractivity contribution in [2.45, 2.75) is 57.6 Å². The second-order valence-electron chi connectivity index (χ2n) is 7.97. The minimum Gasteiger partial charge on any atom is -0.466 e. The van der Waals surface area contributed by atoms with Crippen LogP contribution in [0.15, 0.2) is 23.1 Å². The molecule has 0 bridgehead atoms. The number of amides is 1. The minimum atomic E-state index is -3.62. The fourth-order valence-corrected chi connectivity index (χ4v) is 4.56. The fraction of sp³-hybridized carbons (Fsp3) is 0.600. The van der Waals surface area contributed by atoms with Gasteiger partial charge in [0.1, 0.15) is 5.60 Å². The largest absolute Gasteiger partial charge is 0.466 e. The van der Waals surface area contributed by atoms with E-state index in [4.69, 9.17) is 15.2 Å². The number of carbonyl (C=O) groups excluding carboxylic acids is 2. The van der Waals surface area contributed by atoms with Gasteiger partial charge in [0.25, 0.3) is 0 Å². The Labute approximate surface area is 172 Å². The molecule has 1 saturated heterocycles. The predicted molar refractivity (Wildman–Crippen MR) is 109 cm³/mol. The summed E-state index contributed by atoms with van der Waals surface area (Å²) in [6, 6.07) is 3.60. The maximum atomic E-state index is 12.9. The van der Waals surface area contributed by atoms with Crippen molar-refractivity contribution in [1.82, 2.24) is 4.90 Å². The standard InChI is InChI=1S/C20H30N2O6S/c1-6-27-18(23)14-10-11-22(19(24)28-20(3,4)5)17(14)15-12-13(21)8-9-16(15)29(25,26)7-2/h8-9,12,14,17H,6-7,10-11,21H2,1-5H3/t14-,17?/m1/s1. The van der Waals surface area contributed by atoms with Crippen LogP contribution in [-0.4, -0.2) is 49.9 Å². The lowest BCUT2D eigenvalue weighted by Crippen LogP contribution is -2.38. The van der Waals surface area contributed by atoms with Crippen molar-refractivity contribution < 1.29 is 27.5 Å². The molecular formula is C20H30N2O6S. The summed E-state index contributed by atoms with van der Waals surface area (Å²) in [7, 11) is -3.62. The summed E-state index contributed by atoms with van der Waals surface area (Å²) in [6.45, 7) is 8.89.